The van der Waals surface area contributed by atoms with Crippen LogP contribution in [0.15, 0.2) is 42.6 Å². The number of hydrogen-bond acceptors (Lipinski definition) is 2. The van der Waals surface area contributed by atoms with Crippen LogP contribution in [0.3, 0.4) is 0 Å². The van der Waals surface area contributed by atoms with Crippen molar-refractivity contribution in [3.05, 3.63) is 65.1 Å². The Balaban J connectivity index is 2.08. The lowest BCUT2D eigenvalue weighted by molar-refractivity contribution is 0.481. The van der Waals surface area contributed by atoms with E-state index in [0.717, 1.165) is 23.7 Å². The fourth-order valence-electron chi connectivity index (χ4n) is 2.77. The fourth-order valence-corrected chi connectivity index (χ4v) is 2.77. The lowest BCUT2D eigenvalue weighted by Crippen LogP contribution is -1.95. The second-order valence-electron chi connectivity index (χ2n) is 5.67. The molecule has 0 N–H and O–H groups in total. The summed E-state index contributed by atoms with van der Waals surface area (Å²) >= 11 is 0. The zero-order valence-electron chi connectivity index (χ0n) is 13.7. The highest BCUT2D eigenvalue weighted by Crippen LogP contribution is 2.31. The number of nitrogens with zero attached hydrogens (tertiary/aromatic N) is 1. The Morgan fingerprint density at radius 3 is 2.43 bits per heavy atom. The molecule has 3 rings (SSSR count). The van der Waals surface area contributed by atoms with Crippen LogP contribution in [0.2, 0.25) is 0 Å². The predicted octanol–water partition coefficient (Wildman–Crippen LogP) is 5.60. The average Bonchev–Trinajstić information content (AvgIpc) is 2.57. The maximum absolute atomic E-state index is 13.7. The van der Waals surface area contributed by atoms with Gasteiger partial charge < -0.3 is 4.74 Å². The molecule has 0 unspecified atom stereocenters. The molecule has 0 spiro atoms. The van der Waals surface area contributed by atoms with Crippen LogP contribution in [0, 0.1) is 12.7 Å². The standard InChI is InChI=1S/C20H20FNO/c1-4-14-10-17-19(11-15(14)5-2)22-9-8-20(17)23-16-7-6-13(3)18(21)12-16/h6-12H,4-5H2,1-3H3. The van der Waals surface area contributed by atoms with Crippen LogP contribution in [-0.4, -0.2) is 4.98 Å². The van der Waals surface area contributed by atoms with E-state index in [1.54, 1.807) is 25.3 Å². The molecule has 0 aliphatic heterocycles. The maximum Gasteiger partial charge on any atom is 0.138 e. The minimum atomic E-state index is -0.261. The molecule has 0 atom stereocenters. The highest BCUT2D eigenvalue weighted by Gasteiger charge is 2.09. The molecule has 0 aliphatic rings. The van der Waals surface area contributed by atoms with Gasteiger partial charge in [0.2, 0.25) is 0 Å². The second kappa shape index (κ2) is 6.37. The maximum atomic E-state index is 13.7. The van der Waals surface area contributed by atoms with E-state index in [2.05, 4.69) is 31.0 Å². The van der Waals surface area contributed by atoms with E-state index in [1.165, 1.54) is 17.2 Å². The predicted molar refractivity (Wildman–Crippen MR) is 91.7 cm³/mol. The number of rotatable bonds is 4. The SMILES string of the molecule is CCc1cc2nccc(Oc3ccc(C)c(F)c3)c2cc1CC. The van der Waals surface area contributed by atoms with Gasteiger partial charge in [0, 0.05) is 17.6 Å². The van der Waals surface area contributed by atoms with Crippen LogP contribution in [0.4, 0.5) is 4.39 Å². The number of benzene rings is 2. The first-order valence-electron chi connectivity index (χ1n) is 7.97. The van der Waals surface area contributed by atoms with Gasteiger partial charge in [-0.25, -0.2) is 4.39 Å². The van der Waals surface area contributed by atoms with Gasteiger partial charge in [-0.2, -0.15) is 0 Å². The summed E-state index contributed by atoms with van der Waals surface area (Å²) in [6, 6.07) is 11.0. The summed E-state index contributed by atoms with van der Waals surface area (Å²) in [7, 11) is 0. The Morgan fingerprint density at radius 1 is 1.00 bits per heavy atom. The fraction of sp³-hybridized carbons (Fsp3) is 0.250. The van der Waals surface area contributed by atoms with Crippen LogP contribution in [0.5, 0.6) is 11.5 Å². The van der Waals surface area contributed by atoms with E-state index in [0.29, 0.717) is 17.1 Å². The third kappa shape index (κ3) is 3.04. The number of halogens is 1. The smallest absolute Gasteiger partial charge is 0.138 e. The lowest BCUT2D eigenvalue weighted by Gasteiger charge is -2.12. The Hall–Kier alpha value is -2.42. The lowest BCUT2D eigenvalue weighted by atomic mass is 10.00. The van der Waals surface area contributed by atoms with Crippen molar-refractivity contribution in [3.8, 4) is 11.5 Å². The molecule has 2 nitrogen and oxygen atoms in total. The van der Waals surface area contributed by atoms with Crippen molar-refractivity contribution < 1.29 is 9.13 Å². The molecule has 1 heterocycles. The molecule has 3 heteroatoms. The Labute approximate surface area is 135 Å². The summed E-state index contributed by atoms with van der Waals surface area (Å²) in [6.07, 6.45) is 3.68. The first kappa shape index (κ1) is 15.5. The van der Waals surface area contributed by atoms with Crippen LogP contribution >= 0.6 is 0 Å². The van der Waals surface area contributed by atoms with Gasteiger partial charge in [0.15, 0.2) is 0 Å². The van der Waals surface area contributed by atoms with E-state index >= 15 is 0 Å². The number of aromatic nitrogens is 1. The monoisotopic (exact) mass is 309 g/mol. The number of aryl methyl sites for hydroxylation is 3. The third-order valence-electron chi connectivity index (χ3n) is 4.16. The molecule has 118 valence electrons. The highest BCUT2D eigenvalue weighted by atomic mass is 19.1. The zero-order valence-corrected chi connectivity index (χ0v) is 13.7. The molecule has 23 heavy (non-hydrogen) atoms. The molecule has 0 saturated carbocycles. The first-order chi connectivity index (χ1) is 11.1. The van der Waals surface area contributed by atoms with Crippen LogP contribution in [-0.2, 0) is 12.8 Å². The summed E-state index contributed by atoms with van der Waals surface area (Å²) < 4.78 is 19.6. The Kier molecular flexibility index (Phi) is 4.28. The van der Waals surface area contributed by atoms with Crippen molar-refractivity contribution in [1.82, 2.24) is 4.98 Å². The topological polar surface area (TPSA) is 22.1 Å². The second-order valence-corrected chi connectivity index (χ2v) is 5.67. The summed E-state index contributed by atoms with van der Waals surface area (Å²) in [6.45, 7) is 6.03. The van der Waals surface area contributed by atoms with Gasteiger partial charge >= 0.3 is 0 Å². The van der Waals surface area contributed by atoms with Gasteiger partial charge in [0.1, 0.15) is 17.3 Å². The van der Waals surface area contributed by atoms with Crippen LogP contribution < -0.4 is 4.74 Å². The summed E-state index contributed by atoms with van der Waals surface area (Å²) in [5.74, 6) is 0.942. The molecule has 0 amide bonds. The Morgan fingerprint density at radius 2 is 1.74 bits per heavy atom. The van der Waals surface area contributed by atoms with Gasteiger partial charge in [0.05, 0.1) is 5.52 Å². The minimum Gasteiger partial charge on any atom is -0.456 e. The van der Waals surface area contributed by atoms with Gasteiger partial charge in [0.25, 0.3) is 0 Å². The van der Waals surface area contributed by atoms with E-state index < -0.39 is 0 Å². The zero-order chi connectivity index (χ0) is 16.4. The largest absolute Gasteiger partial charge is 0.456 e. The molecular formula is C20H20FNO. The van der Waals surface area contributed by atoms with Gasteiger partial charge in [-0.1, -0.05) is 19.9 Å². The number of ether oxygens (including phenoxy) is 1. The Bertz CT molecular complexity index is 858. The van der Waals surface area contributed by atoms with E-state index in [1.807, 2.05) is 6.07 Å². The quantitative estimate of drug-likeness (QED) is 0.626. The number of pyridine rings is 1. The first-order valence-corrected chi connectivity index (χ1v) is 7.97. The molecule has 0 bridgehead atoms. The van der Waals surface area contributed by atoms with Crippen molar-refractivity contribution in [2.24, 2.45) is 0 Å². The third-order valence-corrected chi connectivity index (χ3v) is 4.16. The highest BCUT2D eigenvalue weighted by molar-refractivity contribution is 5.86. The van der Waals surface area contributed by atoms with E-state index in [-0.39, 0.29) is 5.82 Å². The molecule has 0 radical (unpaired) electrons. The van der Waals surface area contributed by atoms with Crippen molar-refractivity contribution in [3.63, 3.8) is 0 Å². The van der Waals surface area contributed by atoms with Gasteiger partial charge in [-0.05, 0) is 60.7 Å². The normalized spacial score (nSPS) is 11.0. The molecule has 1 aromatic heterocycles. The van der Waals surface area contributed by atoms with E-state index in [9.17, 15) is 4.39 Å². The summed E-state index contributed by atoms with van der Waals surface area (Å²) in [4.78, 5) is 4.45. The summed E-state index contributed by atoms with van der Waals surface area (Å²) in [5, 5.41) is 0.961. The molecule has 3 aromatic rings. The van der Waals surface area contributed by atoms with Gasteiger partial charge in [-0.15, -0.1) is 0 Å². The number of fused-ring (bicyclic) bond motifs is 1. The van der Waals surface area contributed by atoms with Crippen molar-refractivity contribution in [2.75, 3.05) is 0 Å². The summed E-state index contributed by atoms with van der Waals surface area (Å²) in [5.41, 5.74) is 4.13. The van der Waals surface area contributed by atoms with Gasteiger partial charge in [-0.3, -0.25) is 4.98 Å². The van der Waals surface area contributed by atoms with Crippen molar-refractivity contribution >= 4 is 10.9 Å². The van der Waals surface area contributed by atoms with Crippen LogP contribution in [0.25, 0.3) is 10.9 Å². The number of hydrogen-bond donors (Lipinski definition) is 0. The molecular weight excluding hydrogens is 289 g/mol. The molecule has 0 aliphatic carbocycles. The average molecular weight is 309 g/mol. The molecule has 0 saturated heterocycles. The molecule has 0 fully saturated rings. The minimum absolute atomic E-state index is 0.261. The van der Waals surface area contributed by atoms with Crippen molar-refractivity contribution in [1.29, 1.82) is 0 Å². The van der Waals surface area contributed by atoms with E-state index in [4.69, 9.17) is 4.74 Å². The molecule has 2 aromatic carbocycles. The van der Waals surface area contributed by atoms with Crippen LogP contribution in [0.1, 0.15) is 30.5 Å². The van der Waals surface area contributed by atoms with Crippen molar-refractivity contribution in [2.45, 2.75) is 33.6 Å².